The number of anilines is 1. The predicted octanol–water partition coefficient (Wildman–Crippen LogP) is 7.56. The van der Waals surface area contributed by atoms with Crippen molar-refractivity contribution in [2.75, 3.05) is 18.0 Å². The van der Waals surface area contributed by atoms with Gasteiger partial charge >= 0.3 is 5.97 Å². The van der Waals surface area contributed by atoms with Gasteiger partial charge in [-0.2, -0.15) is 0 Å². The van der Waals surface area contributed by atoms with E-state index >= 15 is 0 Å². The molecule has 1 fully saturated rings. The Morgan fingerprint density at radius 2 is 1.51 bits per heavy atom. The Balaban J connectivity index is 1.63. The number of benzene rings is 3. The van der Waals surface area contributed by atoms with Crippen LogP contribution in [0.2, 0.25) is 0 Å². The Kier molecular flexibility index (Phi) is 10.5. The van der Waals surface area contributed by atoms with Crippen molar-refractivity contribution in [3.05, 3.63) is 101 Å². The van der Waals surface area contributed by atoms with Crippen LogP contribution in [0, 0.1) is 29.1 Å². The summed E-state index contributed by atoms with van der Waals surface area (Å²) in [4.78, 5) is 25.1. The fourth-order valence-electron chi connectivity index (χ4n) is 5.01. The molecule has 1 aliphatic carbocycles. The maximum Gasteiger partial charge on any atom is 0.339 e. The zero-order valence-electron chi connectivity index (χ0n) is 23.0. The molecule has 0 spiro atoms. The number of rotatable bonds is 11. The van der Waals surface area contributed by atoms with Gasteiger partial charge in [0.25, 0.3) is 0 Å². The number of carboxylic acids is 1. The fourth-order valence-corrected chi connectivity index (χ4v) is 5.97. The summed E-state index contributed by atoms with van der Waals surface area (Å²) < 4.78 is 71.0. The number of hydrogen-bond acceptors (Lipinski definition) is 5. The highest BCUT2D eigenvalue weighted by molar-refractivity contribution is 7.97. The molecular formula is C31H29F5N2O4S. The number of aromatic hydroxyl groups is 1. The van der Waals surface area contributed by atoms with Gasteiger partial charge < -0.3 is 15.1 Å². The lowest BCUT2D eigenvalue weighted by atomic mass is 9.84. The molecule has 0 radical (unpaired) electrons. The fraction of sp³-hybridized carbons (Fsp3) is 0.290. The molecule has 3 aromatic carbocycles. The first-order valence-electron chi connectivity index (χ1n) is 13.5. The summed E-state index contributed by atoms with van der Waals surface area (Å²) in [6.07, 6.45) is 7.01. The molecule has 43 heavy (non-hydrogen) atoms. The second-order valence-electron chi connectivity index (χ2n) is 10.2. The van der Waals surface area contributed by atoms with E-state index < -0.39 is 58.2 Å². The van der Waals surface area contributed by atoms with E-state index in [2.05, 4.69) is 6.58 Å². The van der Waals surface area contributed by atoms with E-state index in [0.29, 0.717) is 11.5 Å². The topological polar surface area (TPSA) is 81.1 Å². The zero-order valence-corrected chi connectivity index (χ0v) is 23.8. The van der Waals surface area contributed by atoms with Gasteiger partial charge in [0.15, 0.2) is 23.3 Å². The third-order valence-electron chi connectivity index (χ3n) is 7.26. The van der Waals surface area contributed by atoms with Crippen LogP contribution in [-0.4, -0.2) is 39.5 Å². The molecule has 0 aromatic heterocycles. The van der Waals surface area contributed by atoms with Gasteiger partial charge in [0.2, 0.25) is 11.7 Å². The molecule has 0 saturated heterocycles. The monoisotopic (exact) mass is 620 g/mol. The van der Waals surface area contributed by atoms with Gasteiger partial charge in [-0.1, -0.05) is 49.6 Å². The molecular weight excluding hydrogens is 591 g/mol. The van der Waals surface area contributed by atoms with Crippen LogP contribution in [0.3, 0.4) is 0 Å². The van der Waals surface area contributed by atoms with E-state index in [1.807, 2.05) is 24.3 Å². The van der Waals surface area contributed by atoms with Gasteiger partial charge in [0.05, 0.1) is 13.1 Å². The lowest BCUT2D eigenvalue weighted by Gasteiger charge is -2.27. The number of halogens is 5. The van der Waals surface area contributed by atoms with Crippen LogP contribution in [0.1, 0.15) is 59.5 Å². The van der Waals surface area contributed by atoms with Crippen LogP contribution >= 0.6 is 11.9 Å². The first kappa shape index (κ1) is 32.0. The molecule has 0 atom stereocenters. The molecule has 0 bridgehead atoms. The summed E-state index contributed by atoms with van der Waals surface area (Å²) in [7, 11) is 0. The van der Waals surface area contributed by atoms with Crippen molar-refractivity contribution in [2.24, 2.45) is 0 Å². The van der Waals surface area contributed by atoms with E-state index in [9.17, 15) is 41.8 Å². The van der Waals surface area contributed by atoms with Gasteiger partial charge in [0.1, 0.15) is 16.2 Å². The highest BCUT2D eigenvalue weighted by Crippen LogP contribution is 2.35. The minimum absolute atomic E-state index is 0.0231. The Morgan fingerprint density at radius 1 is 0.907 bits per heavy atom. The highest BCUT2D eigenvalue weighted by atomic mass is 32.2. The van der Waals surface area contributed by atoms with E-state index in [4.69, 9.17) is 0 Å². The van der Waals surface area contributed by atoms with Gasteiger partial charge in [-0.25, -0.2) is 31.1 Å². The van der Waals surface area contributed by atoms with Crippen molar-refractivity contribution in [3.8, 4) is 5.75 Å². The first-order valence-corrected chi connectivity index (χ1v) is 14.3. The Labute approximate surface area is 249 Å². The second-order valence-corrected chi connectivity index (χ2v) is 11.3. The van der Waals surface area contributed by atoms with Gasteiger partial charge in [-0.15, -0.1) is 6.58 Å². The van der Waals surface area contributed by atoms with Crippen molar-refractivity contribution < 1.29 is 41.8 Å². The smallest absolute Gasteiger partial charge is 0.339 e. The number of nitrogens with zero attached hydrogens (tertiary/aromatic N) is 2. The SMILES string of the molecule is C=CCN(CC(=O)N(Cc1ccc(C2CCCCC2)cc1)c1ccc(C(=O)O)c(O)c1)Sc1c(F)c(F)c(F)c(F)c1F. The van der Waals surface area contributed by atoms with Crippen molar-refractivity contribution in [2.45, 2.75) is 49.5 Å². The summed E-state index contributed by atoms with van der Waals surface area (Å²) in [6, 6.07) is 11.3. The predicted molar refractivity (Wildman–Crippen MR) is 152 cm³/mol. The molecule has 1 amide bonds. The first-order chi connectivity index (χ1) is 20.5. The highest BCUT2D eigenvalue weighted by Gasteiger charge is 2.29. The van der Waals surface area contributed by atoms with E-state index in [1.165, 1.54) is 29.0 Å². The number of carboxylic acid groups (broad SMARTS) is 1. The largest absolute Gasteiger partial charge is 0.507 e. The van der Waals surface area contributed by atoms with Crippen molar-refractivity contribution in [1.82, 2.24) is 4.31 Å². The van der Waals surface area contributed by atoms with Crippen molar-refractivity contribution in [1.29, 1.82) is 0 Å². The maximum atomic E-state index is 14.4. The lowest BCUT2D eigenvalue weighted by Crippen LogP contribution is -2.38. The quantitative estimate of drug-likeness (QED) is 0.0757. The number of carbonyl (C=O) groups excluding carboxylic acids is 1. The average Bonchev–Trinajstić information content (AvgIpc) is 3.00. The van der Waals surface area contributed by atoms with Gasteiger partial charge in [-0.3, -0.25) is 4.79 Å². The Hall–Kier alpha value is -3.90. The number of phenols is 1. The van der Waals surface area contributed by atoms with Crippen LogP contribution in [0.15, 0.2) is 60.0 Å². The molecule has 0 unspecified atom stereocenters. The Morgan fingerprint density at radius 3 is 2.07 bits per heavy atom. The normalized spacial score (nSPS) is 13.7. The molecule has 2 N–H and O–H groups in total. The molecule has 12 heteroatoms. The van der Waals surface area contributed by atoms with E-state index in [0.717, 1.165) is 42.1 Å². The standard InChI is InChI=1S/C31H29F5N2O4S/c1-2-14-37(43-30-28(35)26(33)25(32)27(34)29(30)36)17-24(40)38(21-12-13-22(31(41)42)23(39)15-21)16-18-8-10-20(11-9-18)19-6-4-3-5-7-19/h2,8-13,15,19,39H,1,3-7,14,16-17H2,(H,41,42). The van der Waals surface area contributed by atoms with Crippen LogP contribution in [-0.2, 0) is 11.3 Å². The molecule has 1 aliphatic rings. The molecule has 0 heterocycles. The van der Waals surface area contributed by atoms with Crippen LogP contribution in [0.5, 0.6) is 5.75 Å². The molecule has 4 rings (SSSR count). The molecule has 0 aliphatic heterocycles. The molecule has 6 nitrogen and oxygen atoms in total. The third kappa shape index (κ3) is 7.37. The number of carbonyl (C=O) groups is 2. The number of amides is 1. The molecule has 1 saturated carbocycles. The van der Waals surface area contributed by atoms with Gasteiger partial charge in [-0.05, 0) is 54.0 Å². The number of hydrogen-bond donors (Lipinski definition) is 2. The molecule has 3 aromatic rings. The lowest BCUT2D eigenvalue weighted by molar-refractivity contribution is -0.118. The van der Waals surface area contributed by atoms with E-state index in [1.54, 1.807) is 0 Å². The van der Waals surface area contributed by atoms with Crippen molar-refractivity contribution in [3.63, 3.8) is 0 Å². The Bertz CT molecular complexity index is 1480. The second kappa shape index (κ2) is 14.0. The average molecular weight is 621 g/mol. The number of aromatic carboxylic acids is 1. The van der Waals surface area contributed by atoms with Crippen LogP contribution < -0.4 is 4.90 Å². The summed E-state index contributed by atoms with van der Waals surface area (Å²) in [5, 5.41) is 19.6. The minimum atomic E-state index is -2.30. The van der Waals surface area contributed by atoms with E-state index in [-0.39, 0.29) is 36.3 Å². The summed E-state index contributed by atoms with van der Waals surface area (Å²) >= 11 is 0.169. The van der Waals surface area contributed by atoms with Crippen LogP contribution in [0.25, 0.3) is 0 Å². The maximum absolute atomic E-state index is 14.4. The van der Waals surface area contributed by atoms with Gasteiger partial charge in [0, 0.05) is 18.3 Å². The molecule has 228 valence electrons. The summed E-state index contributed by atoms with van der Waals surface area (Å²) in [5.41, 5.74) is 1.63. The zero-order chi connectivity index (χ0) is 31.3. The summed E-state index contributed by atoms with van der Waals surface area (Å²) in [6.45, 7) is 2.76. The minimum Gasteiger partial charge on any atom is -0.507 e. The van der Waals surface area contributed by atoms with Crippen molar-refractivity contribution >= 4 is 29.5 Å². The van der Waals surface area contributed by atoms with Crippen LogP contribution in [0.4, 0.5) is 27.6 Å². The third-order valence-corrected chi connectivity index (χ3v) is 8.33. The summed E-state index contributed by atoms with van der Waals surface area (Å²) in [5.74, 6) is -12.8.